The lowest BCUT2D eigenvalue weighted by molar-refractivity contribution is -0.249. The molecule has 1 amide bonds. The zero-order valence-electron chi connectivity index (χ0n) is 22.1. The van der Waals surface area contributed by atoms with Crippen LogP contribution in [0.5, 0.6) is 17.2 Å². The molecule has 6 unspecified atom stereocenters. The minimum atomic E-state index is -2.28. The Morgan fingerprint density at radius 3 is 2.54 bits per heavy atom. The summed E-state index contributed by atoms with van der Waals surface area (Å²) in [7, 11) is 1.31. The molecule has 0 radical (unpaired) electrons. The fourth-order valence-electron chi connectivity index (χ4n) is 5.97. The summed E-state index contributed by atoms with van der Waals surface area (Å²) in [6, 6.07) is 3.54. The summed E-state index contributed by atoms with van der Waals surface area (Å²) in [5.41, 5.74) is -3.84. The molecule has 0 saturated carbocycles. The lowest BCUT2D eigenvalue weighted by Crippen LogP contribution is -2.54. The normalized spacial score (nSPS) is 28.8. The molecule has 2 aliphatic carbocycles. The maximum atomic E-state index is 13.7. The van der Waals surface area contributed by atoms with Crippen molar-refractivity contribution >= 4 is 23.8 Å². The van der Waals surface area contributed by atoms with E-state index in [2.05, 4.69) is 5.32 Å². The van der Waals surface area contributed by atoms with Crippen LogP contribution < -0.4 is 10.1 Å². The monoisotopic (exact) mass is 571 g/mol. The summed E-state index contributed by atoms with van der Waals surface area (Å²) in [5.74, 6) is -3.93. The molecular formula is C28H29NO12. The van der Waals surface area contributed by atoms with Crippen LogP contribution in [0.2, 0.25) is 0 Å². The van der Waals surface area contributed by atoms with E-state index in [1.807, 2.05) is 0 Å². The number of carbonyl (C=O) groups excluding carboxylic acids is 4. The number of aliphatic hydroxyl groups is 3. The van der Waals surface area contributed by atoms with Gasteiger partial charge >= 0.3 is 0 Å². The van der Waals surface area contributed by atoms with Gasteiger partial charge in [0.05, 0.1) is 42.0 Å². The second kappa shape index (κ2) is 10.5. The number of aliphatic hydroxyl groups excluding tert-OH is 2. The van der Waals surface area contributed by atoms with E-state index in [0.717, 1.165) is 0 Å². The van der Waals surface area contributed by atoms with Crippen molar-refractivity contribution in [3.8, 4) is 17.2 Å². The highest BCUT2D eigenvalue weighted by Crippen LogP contribution is 2.52. The minimum absolute atomic E-state index is 0.0673. The largest absolute Gasteiger partial charge is 0.507 e. The van der Waals surface area contributed by atoms with Gasteiger partial charge in [0.2, 0.25) is 12.2 Å². The van der Waals surface area contributed by atoms with Gasteiger partial charge in [-0.05, 0) is 13.0 Å². The van der Waals surface area contributed by atoms with Gasteiger partial charge in [-0.15, -0.1) is 0 Å². The van der Waals surface area contributed by atoms with Crippen LogP contribution in [0.3, 0.4) is 0 Å². The first-order valence-electron chi connectivity index (χ1n) is 12.9. The van der Waals surface area contributed by atoms with E-state index in [9.17, 15) is 44.7 Å². The highest BCUT2D eigenvalue weighted by molar-refractivity contribution is 6.31. The second-order valence-electron chi connectivity index (χ2n) is 10.4. The first kappa shape index (κ1) is 28.6. The van der Waals surface area contributed by atoms with Crippen molar-refractivity contribution in [2.75, 3.05) is 13.7 Å². The van der Waals surface area contributed by atoms with Crippen molar-refractivity contribution < 1.29 is 58.9 Å². The van der Waals surface area contributed by atoms with E-state index < -0.39 is 95.7 Å². The van der Waals surface area contributed by atoms with E-state index in [1.165, 1.54) is 32.2 Å². The predicted octanol–water partition coefficient (Wildman–Crippen LogP) is -0.211. The lowest BCUT2D eigenvalue weighted by atomic mass is 9.72. The van der Waals surface area contributed by atoms with Gasteiger partial charge in [0, 0.05) is 36.0 Å². The van der Waals surface area contributed by atoms with Gasteiger partial charge in [0.25, 0.3) is 0 Å². The molecule has 13 nitrogen and oxygen atoms in total. The van der Waals surface area contributed by atoms with Crippen molar-refractivity contribution in [2.24, 2.45) is 0 Å². The van der Waals surface area contributed by atoms with E-state index in [0.29, 0.717) is 6.41 Å². The molecule has 0 spiro atoms. The first-order valence-corrected chi connectivity index (χ1v) is 12.9. The maximum absolute atomic E-state index is 13.7. The Kier molecular flexibility index (Phi) is 7.34. The zero-order valence-corrected chi connectivity index (χ0v) is 22.1. The summed E-state index contributed by atoms with van der Waals surface area (Å²) in [4.78, 5) is 50.9. The highest BCUT2D eigenvalue weighted by Gasteiger charge is 2.50. The number of nitrogens with one attached hydrogen (secondary N) is 1. The molecule has 2 aromatic rings. The quantitative estimate of drug-likeness (QED) is 0.161. The van der Waals surface area contributed by atoms with Crippen LogP contribution in [0.15, 0.2) is 18.2 Å². The smallest absolute Gasteiger partial charge is 0.207 e. The van der Waals surface area contributed by atoms with Gasteiger partial charge in [-0.25, -0.2) is 0 Å². The van der Waals surface area contributed by atoms with Gasteiger partial charge in [-0.2, -0.15) is 0 Å². The van der Waals surface area contributed by atoms with Gasteiger partial charge in [-0.1, -0.05) is 12.1 Å². The van der Waals surface area contributed by atoms with Gasteiger partial charge in [0.1, 0.15) is 35.6 Å². The number of carbonyl (C=O) groups is 4. The average molecular weight is 572 g/mol. The third kappa shape index (κ3) is 4.46. The van der Waals surface area contributed by atoms with Crippen molar-refractivity contribution in [1.82, 2.24) is 5.32 Å². The van der Waals surface area contributed by atoms with Crippen molar-refractivity contribution in [3.63, 3.8) is 0 Å². The van der Waals surface area contributed by atoms with Gasteiger partial charge in [0.15, 0.2) is 17.9 Å². The summed E-state index contributed by atoms with van der Waals surface area (Å²) >= 11 is 0. The zero-order chi connectivity index (χ0) is 29.8. The number of hydrogen-bond donors (Lipinski definition) is 6. The number of phenols is 2. The van der Waals surface area contributed by atoms with Crippen LogP contribution in [-0.2, 0) is 25.5 Å². The van der Waals surface area contributed by atoms with Crippen LogP contribution in [0, 0.1) is 0 Å². The minimum Gasteiger partial charge on any atom is -0.507 e. The highest BCUT2D eigenvalue weighted by atomic mass is 16.7. The SMILES string of the molecule is COc1cccc2c1C(=O)c1c(O)c3c(c(O)c1C2=O)CC(O)(C(=O)CO)CC3OC1CC(NC=O)C(O)C(C)O1. The van der Waals surface area contributed by atoms with Crippen LogP contribution in [0.4, 0.5) is 0 Å². The number of rotatable bonds is 7. The van der Waals surface area contributed by atoms with E-state index in [-0.39, 0.29) is 34.4 Å². The Hall–Kier alpha value is -3.88. The number of fused-ring (bicyclic) bond motifs is 3. The van der Waals surface area contributed by atoms with E-state index in [1.54, 1.807) is 0 Å². The number of aromatic hydroxyl groups is 2. The van der Waals surface area contributed by atoms with Gasteiger partial charge in [-0.3, -0.25) is 19.2 Å². The number of amides is 1. The molecule has 3 aliphatic rings. The molecule has 6 atom stereocenters. The first-order chi connectivity index (χ1) is 19.5. The molecule has 1 aliphatic heterocycles. The average Bonchev–Trinajstić information content (AvgIpc) is 2.95. The second-order valence-corrected chi connectivity index (χ2v) is 10.4. The predicted molar refractivity (Wildman–Crippen MR) is 137 cm³/mol. The summed E-state index contributed by atoms with van der Waals surface area (Å²) in [5, 5.41) is 56.6. The third-order valence-electron chi connectivity index (χ3n) is 8.04. The Bertz CT molecular complexity index is 1450. The molecule has 2 aromatic carbocycles. The molecule has 1 heterocycles. The number of ketones is 3. The van der Waals surface area contributed by atoms with E-state index >= 15 is 0 Å². The number of ether oxygens (including phenoxy) is 3. The molecule has 218 valence electrons. The molecule has 6 N–H and O–H groups in total. The molecule has 1 saturated heterocycles. The Morgan fingerprint density at radius 1 is 1.17 bits per heavy atom. The fourth-order valence-corrected chi connectivity index (χ4v) is 5.97. The Morgan fingerprint density at radius 2 is 1.88 bits per heavy atom. The maximum Gasteiger partial charge on any atom is 0.207 e. The summed E-state index contributed by atoms with van der Waals surface area (Å²) < 4.78 is 17.1. The van der Waals surface area contributed by atoms with Crippen molar-refractivity contribution in [1.29, 1.82) is 0 Å². The van der Waals surface area contributed by atoms with Crippen LogP contribution in [0.25, 0.3) is 0 Å². The number of hydrogen-bond acceptors (Lipinski definition) is 12. The Balaban J connectivity index is 1.66. The molecule has 13 heteroatoms. The standard InChI is InChI=1S/C28H29NO12/c1-11-23(33)14(29-10-31)6-18(40-11)41-16-8-28(38,17(32)9-30)7-13-20(16)27(37)22-21(25(13)35)24(34)12-4-3-5-15(39-2)19(12)26(22)36/h3-5,10-11,14,16,18,23,30,33,35,37-38H,6-9H2,1-2H3,(H,29,31). The number of benzene rings is 2. The van der Waals surface area contributed by atoms with Crippen LogP contribution >= 0.6 is 0 Å². The van der Waals surface area contributed by atoms with Crippen LogP contribution in [0.1, 0.15) is 68.8 Å². The molecule has 1 fully saturated rings. The topological polar surface area (TPSA) is 209 Å². The lowest BCUT2D eigenvalue weighted by Gasteiger charge is -2.42. The van der Waals surface area contributed by atoms with E-state index in [4.69, 9.17) is 14.2 Å². The summed E-state index contributed by atoms with van der Waals surface area (Å²) in [6.07, 6.45) is -5.22. The number of methoxy groups -OCH3 is 1. The molecule has 0 bridgehead atoms. The van der Waals surface area contributed by atoms with Crippen molar-refractivity contribution in [3.05, 3.63) is 51.6 Å². The van der Waals surface area contributed by atoms with Crippen LogP contribution in [-0.4, -0.2) is 93.1 Å². The molecular weight excluding hydrogens is 542 g/mol. The van der Waals surface area contributed by atoms with Crippen molar-refractivity contribution in [2.45, 2.75) is 62.4 Å². The number of Topliss-reactive ketones (excluding diaryl/α,β-unsaturated/α-hetero) is 1. The third-order valence-corrected chi connectivity index (χ3v) is 8.04. The molecule has 5 rings (SSSR count). The Labute approximate surface area is 233 Å². The summed E-state index contributed by atoms with van der Waals surface area (Å²) in [6.45, 7) is 0.490. The fraction of sp³-hybridized carbons (Fsp3) is 0.429. The molecule has 0 aromatic heterocycles. The molecule has 41 heavy (non-hydrogen) atoms. The van der Waals surface area contributed by atoms with Gasteiger partial charge < -0.3 is 45.1 Å². The number of phenolic OH excluding ortho intramolecular Hbond substituents is 2.